The number of ether oxygens (including phenoxy) is 10. The van der Waals surface area contributed by atoms with Gasteiger partial charge in [0.2, 0.25) is 0 Å². The zero-order valence-corrected chi connectivity index (χ0v) is 18.2. The highest BCUT2D eigenvalue weighted by atomic mass is 16.6. The Kier molecular flexibility index (Phi) is 22.9. The van der Waals surface area contributed by atoms with E-state index in [4.69, 9.17) is 47.4 Å². The van der Waals surface area contributed by atoms with Gasteiger partial charge in [-0.25, -0.2) is 0 Å². The van der Waals surface area contributed by atoms with Gasteiger partial charge >= 0.3 is 0 Å². The first-order valence-corrected chi connectivity index (χ1v) is 10.8. The highest BCUT2D eigenvalue weighted by molar-refractivity contribution is 4.39. The minimum atomic E-state index is 0.778. The van der Waals surface area contributed by atoms with Crippen molar-refractivity contribution in [2.75, 3.05) is 132 Å². The smallest absolute Gasteiger partial charge is 0.0701 e. The molecule has 5 fully saturated rings. The molecule has 0 radical (unpaired) electrons. The number of hydrogen-bond acceptors (Lipinski definition) is 10. The van der Waals surface area contributed by atoms with E-state index in [2.05, 4.69) is 0 Å². The lowest BCUT2D eigenvalue weighted by Gasteiger charge is -2.09. The van der Waals surface area contributed by atoms with E-state index in [0.717, 1.165) is 132 Å². The van der Waals surface area contributed by atoms with Crippen molar-refractivity contribution >= 4 is 0 Å². The van der Waals surface area contributed by atoms with Crippen molar-refractivity contribution in [3.05, 3.63) is 0 Å². The lowest BCUT2D eigenvalue weighted by molar-refractivity contribution is -0.0334. The predicted octanol–water partition coefficient (Wildman–Crippen LogP) is 0.166. The first-order valence-electron chi connectivity index (χ1n) is 10.8. The van der Waals surface area contributed by atoms with Gasteiger partial charge in [-0.3, -0.25) is 0 Å². The Balaban J connectivity index is 0.000000187. The molecule has 0 spiro atoms. The highest BCUT2D eigenvalue weighted by Gasteiger charge is 1.96. The Bertz CT molecular complexity index is 175. The second-order valence-electron chi connectivity index (χ2n) is 6.12. The molecule has 0 atom stereocenters. The molecule has 5 aliphatic rings. The highest BCUT2D eigenvalue weighted by Crippen LogP contribution is 1.87. The van der Waals surface area contributed by atoms with Crippen LogP contribution in [0, 0.1) is 0 Å². The van der Waals surface area contributed by atoms with Gasteiger partial charge in [0.15, 0.2) is 0 Å². The van der Waals surface area contributed by atoms with Crippen LogP contribution in [0.1, 0.15) is 0 Å². The first kappa shape index (κ1) is 27.6. The van der Waals surface area contributed by atoms with E-state index in [0.29, 0.717) is 0 Å². The van der Waals surface area contributed by atoms with E-state index in [1.165, 1.54) is 0 Å². The zero-order valence-electron chi connectivity index (χ0n) is 18.2. The van der Waals surface area contributed by atoms with Crippen LogP contribution in [0.2, 0.25) is 0 Å². The largest absolute Gasteiger partial charge is 0.377 e. The quantitative estimate of drug-likeness (QED) is 0.519. The Hall–Kier alpha value is -0.400. The molecule has 0 saturated carbocycles. The van der Waals surface area contributed by atoms with E-state index in [-0.39, 0.29) is 0 Å². The molecule has 0 aromatic carbocycles. The molecule has 10 heteroatoms. The van der Waals surface area contributed by atoms with E-state index >= 15 is 0 Å². The average Bonchev–Trinajstić information content (AvgIpc) is 2.91. The van der Waals surface area contributed by atoms with Gasteiger partial charge in [-0.1, -0.05) is 0 Å². The zero-order chi connectivity index (χ0) is 21.2. The summed E-state index contributed by atoms with van der Waals surface area (Å²) >= 11 is 0. The van der Waals surface area contributed by atoms with Gasteiger partial charge in [-0.2, -0.15) is 0 Å². The average molecular weight is 441 g/mol. The maximum atomic E-state index is 4.94. The van der Waals surface area contributed by atoms with Crippen LogP contribution in [0.4, 0.5) is 0 Å². The molecule has 5 saturated heterocycles. The SMILES string of the molecule is C1COCCO1.C1COCCO1.C1COCCO1.C1COCCO1.C1COCCO1. The van der Waals surface area contributed by atoms with Crippen LogP contribution < -0.4 is 0 Å². The second-order valence-corrected chi connectivity index (χ2v) is 6.12. The van der Waals surface area contributed by atoms with Gasteiger partial charge in [0.25, 0.3) is 0 Å². The Morgan fingerprint density at radius 1 is 0.133 bits per heavy atom. The summed E-state index contributed by atoms with van der Waals surface area (Å²) in [6.07, 6.45) is 0. The van der Waals surface area contributed by atoms with Crippen LogP contribution in [0.5, 0.6) is 0 Å². The summed E-state index contributed by atoms with van der Waals surface area (Å²) < 4.78 is 49.4. The number of hydrogen-bond donors (Lipinski definition) is 0. The second kappa shape index (κ2) is 24.9. The van der Waals surface area contributed by atoms with E-state index < -0.39 is 0 Å². The van der Waals surface area contributed by atoms with Crippen LogP contribution >= 0.6 is 0 Å². The van der Waals surface area contributed by atoms with Gasteiger partial charge in [-0.15, -0.1) is 0 Å². The van der Waals surface area contributed by atoms with Gasteiger partial charge in [0.1, 0.15) is 0 Å². The maximum Gasteiger partial charge on any atom is 0.0701 e. The van der Waals surface area contributed by atoms with Crippen molar-refractivity contribution in [3.63, 3.8) is 0 Å². The molecule has 180 valence electrons. The monoisotopic (exact) mass is 440 g/mol. The molecule has 5 rings (SSSR count). The molecule has 0 aliphatic carbocycles. The third-order valence-corrected chi connectivity index (χ3v) is 3.72. The summed E-state index contributed by atoms with van der Waals surface area (Å²) in [4.78, 5) is 0. The molecular formula is C20H40O10. The van der Waals surface area contributed by atoms with Gasteiger partial charge in [-0.05, 0) is 0 Å². The topological polar surface area (TPSA) is 92.3 Å². The van der Waals surface area contributed by atoms with Crippen LogP contribution in [-0.4, -0.2) is 132 Å². The van der Waals surface area contributed by atoms with Crippen LogP contribution in [-0.2, 0) is 47.4 Å². The maximum absolute atomic E-state index is 4.94. The Morgan fingerprint density at radius 3 is 0.233 bits per heavy atom. The lowest BCUT2D eigenvalue weighted by Crippen LogP contribution is -2.16. The third-order valence-electron chi connectivity index (χ3n) is 3.72. The molecule has 0 N–H and O–H groups in total. The molecule has 5 heterocycles. The van der Waals surface area contributed by atoms with Gasteiger partial charge in [0, 0.05) is 0 Å². The summed E-state index contributed by atoms with van der Waals surface area (Å²) in [5.41, 5.74) is 0. The minimum Gasteiger partial charge on any atom is -0.377 e. The molecule has 10 nitrogen and oxygen atoms in total. The van der Waals surface area contributed by atoms with E-state index in [1.54, 1.807) is 0 Å². The molecule has 30 heavy (non-hydrogen) atoms. The molecule has 0 aromatic heterocycles. The fourth-order valence-corrected chi connectivity index (χ4v) is 2.20. The minimum absolute atomic E-state index is 0.778. The van der Waals surface area contributed by atoms with Crippen molar-refractivity contribution in [3.8, 4) is 0 Å². The van der Waals surface area contributed by atoms with Crippen molar-refractivity contribution in [2.24, 2.45) is 0 Å². The van der Waals surface area contributed by atoms with Gasteiger partial charge in [0.05, 0.1) is 132 Å². The van der Waals surface area contributed by atoms with E-state index in [9.17, 15) is 0 Å². The van der Waals surface area contributed by atoms with Crippen LogP contribution in [0.25, 0.3) is 0 Å². The summed E-state index contributed by atoms with van der Waals surface area (Å²) in [5.74, 6) is 0. The summed E-state index contributed by atoms with van der Waals surface area (Å²) in [7, 11) is 0. The molecule has 0 bridgehead atoms. The Morgan fingerprint density at radius 2 is 0.200 bits per heavy atom. The van der Waals surface area contributed by atoms with Crippen molar-refractivity contribution in [1.82, 2.24) is 0 Å². The summed E-state index contributed by atoms with van der Waals surface area (Å²) in [6, 6.07) is 0. The molecule has 5 aliphatic heterocycles. The third kappa shape index (κ3) is 22.3. The van der Waals surface area contributed by atoms with Gasteiger partial charge < -0.3 is 47.4 Å². The van der Waals surface area contributed by atoms with Crippen molar-refractivity contribution in [1.29, 1.82) is 0 Å². The molecule has 0 aromatic rings. The van der Waals surface area contributed by atoms with Crippen LogP contribution in [0.3, 0.4) is 0 Å². The summed E-state index contributed by atoms with van der Waals surface area (Å²) in [6.45, 7) is 15.6. The lowest BCUT2D eigenvalue weighted by atomic mass is 10.6. The van der Waals surface area contributed by atoms with Crippen LogP contribution in [0.15, 0.2) is 0 Å². The number of rotatable bonds is 0. The molecule has 0 unspecified atom stereocenters. The first-order chi connectivity index (χ1) is 15.0. The fraction of sp³-hybridized carbons (Fsp3) is 1.00. The van der Waals surface area contributed by atoms with E-state index in [1.807, 2.05) is 0 Å². The molecular weight excluding hydrogens is 400 g/mol. The normalized spacial score (nSPS) is 24.0. The Labute approximate surface area is 180 Å². The fourth-order valence-electron chi connectivity index (χ4n) is 2.20. The standard InChI is InChI=1S/5C4H8O2/c5*1-2-6-4-3-5-1/h5*1-4H2. The predicted molar refractivity (Wildman–Crippen MR) is 108 cm³/mol. The van der Waals surface area contributed by atoms with Crippen molar-refractivity contribution in [2.45, 2.75) is 0 Å². The summed E-state index contributed by atoms with van der Waals surface area (Å²) in [5, 5.41) is 0. The van der Waals surface area contributed by atoms with Crippen molar-refractivity contribution < 1.29 is 47.4 Å². The molecule has 0 amide bonds.